The van der Waals surface area contributed by atoms with Crippen LogP contribution in [0.15, 0.2) is 58.1 Å². The third kappa shape index (κ3) is 4.84. The molecule has 0 aliphatic rings. The summed E-state index contributed by atoms with van der Waals surface area (Å²) in [5.74, 6) is 0.715. The van der Waals surface area contributed by atoms with Crippen molar-refractivity contribution in [1.29, 1.82) is 0 Å². The minimum atomic E-state index is -0.439. The van der Waals surface area contributed by atoms with Gasteiger partial charge in [-0.25, -0.2) is 0 Å². The number of para-hydroxylation sites is 1. The molecule has 0 saturated carbocycles. The second-order valence-electron chi connectivity index (χ2n) is 7.02. The van der Waals surface area contributed by atoms with E-state index in [9.17, 15) is 9.59 Å². The van der Waals surface area contributed by atoms with Crippen LogP contribution in [0, 0.1) is 0 Å². The summed E-state index contributed by atoms with van der Waals surface area (Å²) in [6, 6.07) is 14.7. The van der Waals surface area contributed by atoms with Crippen LogP contribution in [0.1, 0.15) is 36.6 Å². The first-order valence-electron chi connectivity index (χ1n) is 9.96. The Morgan fingerprint density at radius 3 is 2.68 bits per heavy atom. The van der Waals surface area contributed by atoms with E-state index in [2.05, 4.69) is 17.0 Å². The Bertz CT molecular complexity index is 1380. The molecule has 2 heterocycles. The van der Waals surface area contributed by atoms with Crippen LogP contribution in [0.25, 0.3) is 11.0 Å². The molecule has 4 aromatic rings. The molecule has 0 fully saturated rings. The van der Waals surface area contributed by atoms with Gasteiger partial charge in [0.1, 0.15) is 11.4 Å². The summed E-state index contributed by atoms with van der Waals surface area (Å²) in [4.78, 5) is 29.7. The van der Waals surface area contributed by atoms with Gasteiger partial charge in [0, 0.05) is 17.0 Å². The number of halogens is 1. The van der Waals surface area contributed by atoms with Crippen molar-refractivity contribution < 1.29 is 4.74 Å². The molecule has 158 valence electrons. The third-order valence-corrected chi connectivity index (χ3v) is 5.91. The fourth-order valence-corrected chi connectivity index (χ4v) is 4.07. The van der Waals surface area contributed by atoms with Crippen LogP contribution in [0.4, 0.5) is 0 Å². The molecule has 0 atom stereocenters. The van der Waals surface area contributed by atoms with Gasteiger partial charge in [-0.2, -0.15) is 14.6 Å². The average molecular weight is 454 g/mol. The molecule has 0 spiro atoms. The minimum absolute atomic E-state index is 0.213. The van der Waals surface area contributed by atoms with Crippen LogP contribution < -0.4 is 20.4 Å². The maximum absolute atomic E-state index is 12.9. The van der Waals surface area contributed by atoms with E-state index in [0.29, 0.717) is 21.9 Å². The van der Waals surface area contributed by atoms with E-state index >= 15 is 0 Å². The van der Waals surface area contributed by atoms with Crippen LogP contribution in [-0.2, 0) is 6.42 Å². The highest BCUT2D eigenvalue weighted by atomic mass is 35.5. The van der Waals surface area contributed by atoms with Gasteiger partial charge in [0.05, 0.1) is 11.1 Å². The average Bonchev–Trinajstić information content (AvgIpc) is 3.06. The standard InChI is InChI=1S/C23H20ClN3O3S/c1-2-3-12-30-19-7-5-4-6-16(19)14-20-22(29)27-23(31-20)25-21(28)18(26-27)13-15-8-10-17(24)11-9-15/h4-11,14H,2-3,12-13H2,1H3/b20-14-. The molecule has 31 heavy (non-hydrogen) atoms. The van der Waals surface area contributed by atoms with Crippen molar-refractivity contribution in [1.82, 2.24) is 14.6 Å². The lowest BCUT2D eigenvalue weighted by atomic mass is 10.1. The Kier molecular flexibility index (Phi) is 6.44. The fraction of sp³-hybridized carbons (Fsp3) is 0.217. The van der Waals surface area contributed by atoms with Gasteiger partial charge < -0.3 is 4.74 Å². The zero-order chi connectivity index (χ0) is 21.8. The Balaban J connectivity index is 1.73. The predicted molar refractivity (Wildman–Crippen MR) is 123 cm³/mol. The summed E-state index contributed by atoms with van der Waals surface area (Å²) in [6.07, 6.45) is 4.02. The van der Waals surface area contributed by atoms with Crippen molar-refractivity contribution in [2.75, 3.05) is 6.61 Å². The molecule has 0 unspecified atom stereocenters. The van der Waals surface area contributed by atoms with Gasteiger partial charge in [-0.15, -0.1) is 0 Å². The van der Waals surface area contributed by atoms with Gasteiger partial charge >= 0.3 is 0 Å². The topological polar surface area (TPSA) is 73.6 Å². The quantitative estimate of drug-likeness (QED) is 0.400. The van der Waals surface area contributed by atoms with Gasteiger partial charge in [0.25, 0.3) is 11.1 Å². The van der Waals surface area contributed by atoms with E-state index in [0.717, 1.165) is 35.3 Å². The Morgan fingerprint density at radius 1 is 1.13 bits per heavy atom. The van der Waals surface area contributed by atoms with E-state index in [4.69, 9.17) is 16.3 Å². The van der Waals surface area contributed by atoms with Crippen molar-refractivity contribution in [3.05, 3.63) is 95.6 Å². The number of nitrogens with zero attached hydrogens (tertiary/aromatic N) is 3. The summed E-state index contributed by atoms with van der Waals surface area (Å²) < 4.78 is 7.49. The molecule has 0 N–H and O–H groups in total. The van der Waals surface area contributed by atoms with E-state index < -0.39 is 5.56 Å². The van der Waals surface area contributed by atoms with Crippen molar-refractivity contribution in [2.45, 2.75) is 26.2 Å². The molecule has 0 aliphatic carbocycles. The van der Waals surface area contributed by atoms with Crippen molar-refractivity contribution in [3.8, 4) is 5.75 Å². The first-order chi connectivity index (χ1) is 15.0. The van der Waals surface area contributed by atoms with E-state index in [1.165, 1.54) is 4.52 Å². The van der Waals surface area contributed by atoms with Gasteiger partial charge in [0.2, 0.25) is 4.96 Å². The van der Waals surface area contributed by atoms with Crippen molar-refractivity contribution in [3.63, 3.8) is 0 Å². The molecule has 0 aliphatic heterocycles. The number of hydrogen-bond acceptors (Lipinski definition) is 6. The fourth-order valence-electron chi connectivity index (χ4n) is 3.05. The summed E-state index contributed by atoms with van der Waals surface area (Å²) >= 11 is 7.05. The molecule has 2 aromatic heterocycles. The lowest BCUT2D eigenvalue weighted by molar-refractivity contribution is 0.309. The second-order valence-corrected chi connectivity index (χ2v) is 8.46. The monoisotopic (exact) mass is 453 g/mol. The zero-order valence-electron chi connectivity index (χ0n) is 16.9. The number of unbranched alkanes of at least 4 members (excludes halogenated alkanes) is 1. The van der Waals surface area contributed by atoms with Crippen LogP contribution >= 0.6 is 22.9 Å². The van der Waals surface area contributed by atoms with Crippen LogP contribution in [0.5, 0.6) is 5.75 Å². The van der Waals surface area contributed by atoms with Crippen LogP contribution in [0.2, 0.25) is 5.02 Å². The lowest BCUT2D eigenvalue weighted by Crippen LogP contribution is -2.28. The maximum atomic E-state index is 12.9. The molecule has 0 radical (unpaired) electrons. The molecule has 0 bridgehead atoms. The third-order valence-electron chi connectivity index (χ3n) is 4.70. The minimum Gasteiger partial charge on any atom is -0.493 e. The highest BCUT2D eigenvalue weighted by molar-refractivity contribution is 7.15. The summed E-state index contributed by atoms with van der Waals surface area (Å²) in [7, 11) is 0. The number of rotatable bonds is 7. The van der Waals surface area contributed by atoms with Gasteiger partial charge in [-0.1, -0.05) is 66.6 Å². The molecule has 2 aromatic carbocycles. The van der Waals surface area contributed by atoms with Gasteiger partial charge in [0.15, 0.2) is 0 Å². The molecule has 4 rings (SSSR count). The smallest absolute Gasteiger partial charge is 0.296 e. The molecular weight excluding hydrogens is 434 g/mol. The predicted octanol–water partition coefficient (Wildman–Crippen LogP) is 3.48. The number of ether oxygens (including phenoxy) is 1. The van der Waals surface area contributed by atoms with E-state index in [1.807, 2.05) is 36.4 Å². The Morgan fingerprint density at radius 2 is 1.90 bits per heavy atom. The van der Waals surface area contributed by atoms with Gasteiger partial charge in [-0.05, 0) is 36.3 Å². The molecule has 0 amide bonds. The second kappa shape index (κ2) is 9.41. The number of benzene rings is 2. The van der Waals surface area contributed by atoms with Crippen molar-refractivity contribution in [2.24, 2.45) is 0 Å². The SMILES string of the molecule is CCCCOc1ccccc1/C=c1\sc2nc(=O)c(Cc3ccc(Cl)cc3)nn2c1=O. The number of fused-ring (bicyclic) bond motifs is 1. The maximum Gasteiger partial charge on any atom is 0.296 e. The lowest BCUT2D eigenvalue weighted by Gasteiger charge is -2.07. The van der Waals surface area contributed by atoms with Crippen LogP contribution in [-0.4, -0.2) is 21.2 Å². The van der Waals surface area contributed by atoms with Crippen molar-refractivity contribution >= 4 is 34.0 Å². The molecular formula is C23H20ClN3O3S. The summed E-state index contributed by atoms with van der Waals surface area (Å²) in [5.41, 5.74) is 1.12. The summed E-state index contributed by atoms with van der Waals surface area (Å²) in [6.45, 7) is 2.72. The number of thiazole rings is 1. The number of aromatic nitrogens is 3. The molecule has 8 heteroatoms. The first kappa shape index (κ1) is 21.2. The highest BCUT2D eigenvalue weighted by Gasteiger charge is 2.12. The largest absolute Gasteiger partial charge is 0.493 e. The highest BCUT2D eigenvalue weighted by Crippen LogP contribution is 2.19. The van der Waals surface area contributed by atoms with E-state index in [1.54, 1.807) is 18.2 Å². The van der Waals surface area contributed by atoms with Crippen LogP contribution in [0.3, 0.4) is 0 Å². The summed E-state index contributed by atoms with van der Waals surface area (Å²) in [5, 5.41) is 4.90. The Hall–Kier alpha value is -3.03. The van der Waals surface area contributed by atoms with Gasteiger partial charge in [-0.3, -0.25) is 9.59 Å². The zero-order valence-corrected chi connectivity index (χ0v) is 18.4. The van der Waals surface area contributed by atoms with E-state index in [-0.39, 0.29) is 22.6 Å². The number of hydrogen-bond donors (Lipinski definition) is 0. The first-order valence-corrected chi connectivity index (χ1v) is 11.2. The molecule has 0 saturated heterocycles. The Labute approximate surface area is 187 Å². The normalized spacial score (nSPS) is 11.9. The molecule has 6 nitrogen and oxygen atoms in total.